The van der Waals surface area contributed by atoms with Crippen LogP contribution >= 0.6 is 0 Å². The van der Waals surface area contributed by atoms with Gasteiger partial charge in [-0.3, -0.25) is 4.72 Å². The molecule has 0 saturated carbocycles. The second-order valence-corrected chi connectivity index (χ2v) is 8.35. The van der Waals surface area contributed by atoms with Gasteiger partial charge in [0.15, 0.2) is 0 Å². The number of hydrogen-bond acceptors (Lipinski definition) is 5. The van der Waals surface area contributed by atoms with Crippen molar-refractivity contribution < 1.29 is 13.2 Å². The van der Waals surface area contributed by atoms with Gasteiger partial charge in [-0.1, -0.05) is 6.07 Å². The topological polar surface area (TPSA) is 80.3 Å². The Balaban J connectivity index is 1.75. The monoisotopic (exact) mass is 397 g/mol. The molecule has 0 atom stereocenters. The van der Waals surface area contributed by atoms with E-state index in [-0.39, 0.29) is 4.90 Å². The van der Waals surface area contributed by atoms with Gasteiger partial charge in [-0.25, -0.2) is 13.4 Å². The van der Waals surface area contributed by atoms with Crippen LogP contribution in [0.25, 0.3) is 0 Å². The average Bonchev–Trinajstić information content (AvgIpc) is 2.62. The summed E-state index contributed by atoms with van der Waals surface area (Å²) < 4.78 is 32.9. The molecule has 2 N–H and O–H groups in total. The van der Waals surface area contributed by atoms with Crippen LogP contribution in [0.5, 0.6) is 5.75 Å². The summed E-state index contributed by atoms with van der Waals surface area (Å²) >= 11 is 0. The highest BCUT2D eigenvalue weighted by Gasteiger charge is 2.16. The van der Waals surface area contributed by atoms with Crippen molar-refractivity contribution in [1.29, 1.82) is 0 Å². The van der Waals surface area contributed by atoms with Crippen LogP contribution in [0.4, 0.5) is 17.2 Å². The van der Waals surface area contributed by atoms with E-state index >= 15 is 0 Å². The zero-order chi connectivity index (χ0) is 20.3. The van der Waals surface area contributed by atoms with Crippen LogP contribution in [0.15, 0.2) is 59.6 Å². The van der Waals surface area contributed by atoms with Crippen LogP contribution in [0.2, 0.25) is 0 Å². The van der Waals surface area contributed by atoms with Crippen LogP contribution in [0, 0.1) is 20.8 Å². The van der Waals surface area contributed by atoms with E-state index in [2.05, 4.69) is 21.1 Å². The van der Waals surface area contributed by atoms with Crippen LogP contribution in [-0.2, 0) is 10.0 Å². The Labute approximate surface area is 165 Å². The lowest BCUT2D eigenvalue weighted by atomic mass is 10.1. The minimum atomic E-state index is -3.71. The lowest BCUT2D eigenvalue weighted by Crippen LogP contribution is -2.13. The van der Waals surface area contributed by atoms with Gasteiger partial charge in [0.05, 0.1) is 23.9 Å². The van der Waals surface area contributed by atoms with Crippen molar-refractivity contribution in [2.24, 2.45) is 0 Å². The minimum absolute atomic E-state index is 0.170. The van der Waals surface area contributed by atoms with E-state index in [1.807, 2.05) is 26.0 Å². The third-order valence-electron chi connectivity index (χ3n) is 4.19. The van der Waals surface area contributed by atoms with E-state index in [0.717, 1.165) is 22.4 Å². The molecule has 0 fully saturated rings. The van der Waals surface area contributed by atoms with E-state index in [4.69, 9.17) is 4.74 Å². The third kappa shape index (κ3) is 4.61. The summed E-state index contributed by atoms with van der Waals surface area (Å²) in [5.74, 6) is 1.27. The molecule has 0 amide bonds. The SMILES string of the molecule is COc1ccc(S(=O)(=O)Nc2ccc(Nc3cc(C)cc(C)c3)nc2)cc1C. The molecule has 1 aromatic heterocycles. The van der Waals surface area contributed by atoms with Gasteiger partial charge in [0.2, 0.25) is 0 Å². The van der Waals surface area contributed by atoms with Crippen molar-refractivity contribution in [3.63, 3.8) is 0 Å². The molecule has 3 rings (SSSR count). The summed E-state index contributed by atoms with van der Waals surface area (Å²) in [6, 6.07) is 14.3. The molecule has 0 saturated heterocycles. The first-order valence-electron chi connectivity index (χ1n) is 8.76. The lowest BCUT2D eigenvalue weighted by Gasteiger charge is -2.11. The number of nitrogens with one attached hydrogen (secondary N) is 2. The largest absolute Gasteiger partial charge is 0.496 e. The van der Waals surface area contributed by atoms with Crippen LogP contribution in [0.3, 0.4) is 0 Å². The zero-order valence-electron chi connectivity index (χ0n) is 16.3. The van der Waals surface area contributed by atoms with Crippen molar-refractivity contribution in [3.05, 3.63) is 71.4 Å². The van der Waals surface area contributed by atoms with Crippen LogP contribution in [0.1, 0.15) is 16.7 Å². The molecule has 1 heterocycles. The summed E-state index contributed by atoms with van der Waals surface area (Å²) in [4.78, 5) is 4.47. The zero-order valence-corrected chi connectivity index (χ0v) is 17.1. The predicted octanol–water partition coefficient (Wildman–Crippen LogP) is 4.56. The Bertz CT molecular complexity index is 1070. The third-order valence-corrected chi connectivity index (χ3v) is 5.57. The second-order valence-electron chi connectivity index (χ2n) is 6.67. The average molecular weight is 398 g/mol. The van der Waals surface area contributed by atoms with E-state index in [9.17, 15) is 8.42 Å². The summed E-state index contributed by atoms with van der Waals surface area (Å²) in [5, 5.41) is 3.23. The first-order valence-corrected chi connectivity index (χ1v) is 10.2. The van der Waals surface area contributed by atoms with Gasteiger partial charge < -0.3 is 10.1 Å². The quantitative estimate of drug-likeness (QED) is 0.637. The van der Waals surface area contributed by atoms with Crippen LogP contribution in [-0.4, -0.2) is 20.5 Å². The van der Waals surface area contributed by atoms with Gasteiger partial charge in [-0.2, -0.15) is 0 Å². The summed E-state index contributed by atoms with van der Waals surface area (Å²) in [5.41, 5.74) is 4.38. The van der Waals surface area contributed by atoms with Gasteiger partial charge in [0, 0.05) is 5.69 Å². The number of aromatic nitrogens is 1. The highest BCUT2D eigenvalue weighted by molar-refractivity contribution is 7.92. The summed E-state index contributed by atoms with van der Waals surface area (Å²) in [6.45, 7) is 5.86. The van der Waals surface area contributed by atoms with Gasteiger partial charge >= 0.3 is 0 Å². The van der Waals surface area contributed by atoms with Gasteiger partial charge in [0.25, 0.3) is 10.0 Å². The molecule has 7 heteroatoms. The number of anilines is 3. The number of benzene rings is 2. The number of ether oxygens (including phenoxy) is 1. The Morgan fingerprint density at radius 1 is 0.893 bits per heavy atom. The molecule has 0 bridgehead atoms. The highest BCUT2D eigenvalue weighted by Crippen LogP contribution is 2.24. The van der Waals surface area contributed by atoms with Crippen molar-refractivity contribution in [3.8, 4) is 5.75 Å². The fourth-order valence-electron chi connectivity index (χ4n) is 2.96. The number of aryl methyl sites for hydroxylation is 3. The fraction of sp³-hybridized carbons (Fsp3) is 0.190. The smallest absolute Gasteiger partial charge is 0.261 e. The first-order chi connectivity index (χ1) is 13.3. The Morgan fingerprint density at radius 3 is 2.18 bits per heavy atom. The molecule has 0 spiro atoms. The molecular weight excluding hydrogens is 374 g/mol. The number of hydrogen-bond donors (Lipinski definition) is 2. The molecule has 28 heavy (non-hydrogen) atoms. The minimum Gasteiger partial charge on any atom is -0.496 e. The Hall–Kier alpha value is -3.06. The lowest BCUT2D eigenvalue weighted by molar-refractivity contribution is 0.411. The number of sulfonamides is 1. The summed E-state index contributed by atoms with van der Waals surface area (Å²) in [6.07, 6.45) is 1.49. The van der Waals surface area contributed by atoms with E-state index < -0.39 is 10.0 Å². The molecule has 3 aromatic rings. The maximum absolute atomic E-state index is 12.6. The second kappa shape index (κ2) is 7.90. The molecule has 0 aliphatic carbocycles. The molecular formula is C21H23N3O3S. The highest BCUT2D eigenvalue weighted by atomic mass is 32.2. The molecule has 0 aliphatic heterocycles. The number of methoxy groups -OCH3 is 1. The number of nitrogens with zero attached hydrogens (tertiary/aromatic N) is 1. The van der Waals surface area contributed by atoms with Crippen molar-refractivity contribution in [1.82, 2.24) is 4.98 Å². The molecule has 2 aromatic carbocycles. The van der Waals surface area contributed by atoms with E-state index in [0.29, 0.717) is 17.3 Å². The molecule has 0 aliphatic rings. The molecule has 146 valence electrons. The molecule has 0 unspecified atom stereocenters. The van der Waals surface area contributed by atoms with Crippen molar-refractivity contribution in [2.75, 3.05) is 17.1 Å². The fourth-order valence-corrected chi connectivity index (χ4v) is 4.08. The Morgan fingerprint density at radius 2 is 1.61 bits per heavy atom. The summed E-state index contributed by atoms with van der Waals surface area (Å²) in [7, 11) is -2.16. The van der Waals surface area contributed by atoms with Crippen molar-refractivity contribution in [2.45, 2.75) is 25.7 Å². The van der Waals surface area contributed by atoms with Crippen molar-refractivity contribution >= 4 is 27.2 Å². The maximum atomic E-state index is 12.6. The predicted molar refractivity (Wildman–Crippen MR) is 112 cm³/mol. The standard InChI is InChI=1S/C21H23N3O3S/c1-14-9-15(2)11-18(10-14)23-21-8-5-17(13-22-21)24-28(25,26)19-6-7-20(27-4)16(3)12-19/h5-13,24H,1-4H3,(H,22,23). The van der Waals surface area contributed by atoms with Gasteiger partial charge in [0.1, 0.15) is 11.6 Å². The van der Waals surface area contributed by atoms with Crippen LogP contribution < -0.4 is 14.8 Å². The number of pyridine rings is 1. The normalized spacial score (nSPS) is 11.1. The maximum Gasteiger partial charge on any atom is 0.261 e. The molecule has 0 radical (unpaired) electrons. The molecule has 6 nitrogen and oxygen atoms in total. The van der Waals surface area contributed by atoms with Gasteiger partial charge in [-0.15, -0.1) is 0 Å². The van der Waals surface area contributed by atoms with E-state index in [1.165, 1.54) is 12.3 Å². The Kier molecular flexibility index (Phi) is 5.56. The number of rotatable bonds is 6. The van der Waals surface area contributed by atoms with Gasteiger partial charge in [-0.05, 0) is 79.9 Å². The first kappa shape index (κ1) is 19.7. The van der Waals surface area contributed by atoms with E-state index in [1.54, 1.807) is 38.3 Å².